The Bertz CT molecular complexity index is 1040. The highest BCUT2D eigenvalue weighted by Crippen LogP contribution is 2.28. The zero-order valence-electron chi connectivity index (χ0n) is 13.0. The number of pyridine rings is 1. The fraction of sp³-hybridized carbons (Fsp3) is 0.0556. The number of aromatic nitrogens is 2. The molecule has 0 amide bonds. The van der Waals surface area contributed by atoms with Crippen LogP contribution in [-0.2, 0) is 0 Å². The van der Waals surface area contributed by atoms with Crippen LogP contribution < -0.4 is 4.80 Å². The van der Waals surface area contributed by atoms with Gasteiger partial charge >= 0.3 is 0 Å². The lowest BCUT2D eigenvalue weighted by Crippen LogP contribution is -2.11. The molecule has 118 valence electrons. The Hall–Kier alpha value is -2.99. The summed E-state index contributed by atoms with van der Waals surface area (Å²) >= 11 is 1.53. The van der Waals surface area contributed by atoms with Gasteiger partial charge in [0, 0.05) is 30.2 Å². The van der Waals surface area contributed by atoms with Gasteiger partial charge < -0.3 is 4.42 Å². The fourth-order valence-corrected chi connectivity index (χ4v) is 3.20. The lowest BCUT2D eigenvalue weighted by atomic mass is 10.2. The summed E-state index contributed by atoms with van der Waals surface area (Å²) in [4.78, 5) is 9.11. The standard InChI is InChI=1S/C18H14N4OS/c1-19-18-22(21-11-13-6-8-20-9-7-13)15(12-24-18)17-10-14-4-2-3-5-16(14)23-17/h2-12H,1H3. The van der Waals surface area contributed by atoms with Crippen LogP contribution in [0.15, 0.2) is 74.7 Å². The first-order valence-electron chi connectivity index (χ1n) is 7.42. The van der Waals surface area contributed by atoms with Crippen molar-refractivity contribution in [2.45, 2.75) is 0 Å². The summed E-state index contributed by atoms with van der Waals surface area (Å²) in [5, 5.41) is 7.65. The minimum Gasteiger partial charge on any atom is -0.454 e. The van der Waals surface area contributed by atoms with Crippen LogP contribution >= 0.6 is 11.3 Å². The first kappa shape index (κ1) is 14.6. The van der Waals surface area contributed by atoms with Gasteiger partial charge in [0.1, 0.15) is 11.3 Å². The summed E-state index contributed by atoms with van der Waals surface area (Å²) < 4.78 is 7.76. The van der Waals surface area contributed by atoms with Gasteiger partial charge in [-0.2, -0.15) is 5.10 Å². The van der Waals surface area contributed by atoms with Crippen molar-refractivity contribution in [1.82, 2.24) is 9.66 Å². The molecule has 0 aliphatic carbocycles. The molecule has 4 aromatic rings. The molecule has 0 saturated heterocycles. The number of rotatable bonds is 3. The van der Waals surface area contributed by atoms with Crippen molar-refractivity contribution in [3.05, 3.63) is 70.6 Å². The quantitative estimate of drug-likeness (QED) is 0.536. The largest absolute Gasteiger partial charge is 0.454 e. The number of benzene rings is 1. The highest BCUT2D eigenvalue weighted by Gasteiger charge is 2.12. The summed E-state index contributed by atoms with van der Waals surface area (Å²) in [5.74, 6) is 0.772. The Morgan fingerprint density at radius 3 is 2.79 bits per heavy atom. The monoisotopic (exact) mass is 334 g/mol. The van der Waals surface area contributed by atoms with Crippen molar-refractivity contribution >= 4 is 28.5 Å². The number of furan rings is 1. The third kappa shape index (κ3) is 2.68. The molecule has 4 rings (SSSR count). The van der Waals surface area contributed by atoms with Crippen LogP contribution in [0.2, 0.25) is 0 Å². The maximum absolute atomic E-state index is 5.96. The van der Waals surface area contributed by atoms with E-state index in [1.54, 1.807) is 30.3 Å². The lowest BCUT2D eigenvalue weighted by molar-refractivity contribution is 0.622. The number of para-hydroxylation sites is 1. The van der Waals surface area contributed by atoms with Crippen molar-refractivity contribution in [1.29, 1.82) is 0 Å². The normalized spacial score (nSPS) is 12.5. The van der Waals surface area contributed by atoms with Crippen LogP contribution in [0.1, 0.15) is 5.56 Å². The molecule has 0 aliphatic heterocycles. The van der Waals surface area contributed by atoms with Gasteiger partial charge in [0.15, 0.2) is 5.76 Å². The van der Waals surface area contributed by atoms with E-state index in [4.69, 9.17) is 4.42 Å². The summed E-state index contributed by atoms with van der Waals surface area (Å²) in [6, 6.07) is 13.8. The van der Waals surface area contributed by atoms with Crippen molar-refractivity contribution < 1.29 is 4.42 Å². The van der Waals surface area contributed by atoms with E-state index in [1.807, 2.05) is 47.8 Å². The van der Waals surface area contributed by atoms with Gasteiger partial charge in [-0.25, -0.2) is 4.68 Å². The zero-order valence-corrected chi connectivity index (χ0v) is 13.8. The second-order valence-electron chi connectivity index (χ2n) is 5.11. The van der Waals surface area contributed by atoms with E-state index in [1.165, 1.54) is 11.3 Å². The van der Waals surface area contributed by atoms with Crippen LogP contribution in [-0.4, -0.2) is 22.9 Å². The molecule has 1 aromatic carbocycles. The molecule has 3 aromatic heterocycles. The first-order valence-corrected chi connectivity index (χ1v) is 8.30. The van der Waals surface area contributed by atoms with E-state index < -0.39 is 0 Å². The minimum absolute atomic E-state index is 0.772. The van der Waals surface area contributed by atoms with E-state index in [2.05, 4.69) is 15.1 Å². The highest BCUT2D eigenvalue weighted by molar-refractivity contribution is 7.07. The second-order valence-corrected chi connectivity index (χ2v) is 5.95. The Kier molecular flexibility index (Phi) is 3.80. The average molecular weight is 334 g/mol. The maximum Gasteiger partial charge on any atom is 0.206 e. The molecule has 0 unspecified atom stereocenters. The number of thiazole rings is 1. The molecule has 0 radical (unpaired) electrons. The molecule has 0 saturated carbocycles. The highest BCUT2D eigenvalue weighted by atomic mass is 32.1. The van der Waals surface area contributed by atoms with Crippen LogP contribution in [0, 0.1) is 0 Å². The van der Waals surface area contributed by atoms with Gasteiger partial charge in [0.05, 0.1) is 6.21 Å². The van der Waals surface area contributed by atoms with Crippen molar-refractivity contribution in [2.75, 3.05) is 7.05 Å². The number of hydrogen-bond donors (Lipinski definition) is 0. The predicted octanol–water partition coefficient (Wildman–Crippen LogP) is 3.77. The van der Waals surface area contributed by atoms with Gasteiger partial charge in [0.25, 0.3) is 0 Å². The summed E-state index contributed by atoms with van der Waals surface area (Å²) in [6.07, 6.45) is 5.27. The predicted molar refractivity (Wildman–Crippen MR) is 96.2 cm³/mol. The molecule has 0 aliphatic rings. The average Bonchev–Trinajstić information content (AvgIpc) is 3.24. The first-order chi connectivity index (χ1) is 11.8. The molecular weight excluding hydrogens is 320 g/mol. The molecule has 6 heteroatoms. The van der Waals surface area contributed by atoms with Gasteiger partial charge in [-0.05, 0) is 29.8 Å². The molecule has 0 fully saturated rings. The van der Waals surface area contributed by atoms with E-state index in [9.17, 15) is 0 Å². The van der Waals surface area contributed by atoms with Gasteiger partial charge in [-0.1, -0.05) is 18.2 Å². The number of fused-ring (bicyclic) bond motifs is 1. The SMILES string of the molecule is CN=c1scc(-c2cc3ccccc3o2)n1N=Cc1ccncc1. The molecule has 0 bridgehead atoms. The summed E-state index contributed by atoms with van der Waals surface area (Å²) in [6.45, 7) is 0. The Morgan fingerprint density at radius 1 is 1.17 bits per heavy atom. The fourth-order valence-electron chi connectivity index (χ4n) is 2.41. The Labute approximate surface area is 142 Å². The van der Waals surface area contributed by atoms with Crippen LogP contribution in [0.25, 0.3) is 22.4 Å². The molecule has 0 atom stereocenters. The molecule has 0 N–H and O–H groups in total. The number of hydrogen-bond acceptors (Lipinski definition) is 5. The molecular formula is C18H14N4OS. The van der Waals surface area contributed by atoms with Crippen molar-refractivity contribution in [2.24, 2.45) is 10.1 Å². The topological polar surface area (TPSA) is 55.7 Å². The van der Waals surface area contributed by atoms with Crippen LogP contribution in [0.4, 0.5) is 0 Å². The van der Waals surface area contributed by atoms with Crippen LogP contribution in [0.5, 0.6) is 0 Å². The van der Waals surface area contributed by atoms with E-state index in [0.717, 1.165) is 32.8 Å². The Morgan fingerprint density at radius 2 is 2.00 bits per heavy atom. The minimum atomic E-state index is 0.772. The van der Waals surface area contributed by atoms with Gasteiger partial charge in [0.2, 0.25) is 4.80 Å². The van der Waals surface area contributed by atoms with Crippen molar-refractivity contribution in [3.8, 4) is 11.5 Å². The van der Waals surface area contributed by atoms with E-state index >= 15 is 0 Å². The number of nitrogens with zero attached hydrogens (tertiary/aromatic N) is 4. The Balaban J connectivity index is 1.82. The maximum atomic E-state index is 5.96. The third-order valence-electron chi connectivity index (χ3n) is 3.58. The second kappa shape index (κ2) is 6.25. The van der Waals surface area contributed by atoms with Crippen LogP contribution in [0.3, 0.4) is 0 Å². The smallest absolute Gasteiger partial charge is 0.206 e. The van der Waals surface area contributed by atoms with E-state index in [-0.39, 0.29) is 0 Å². The van der Waals surface area contributed by atoms with E-state index in [0.29, 0.717) is 0 Å². The summed E-state index contributed by atoms with van der Waals surface area (Å²) in [7, 11) is 1.76. The van der Waals surface area contributed by atoms with Gasteiger partial charge in [-0.15, -0.1) is 11.3 Å². The summed E-state index contributed by atoms with van der Waals surface area (Å²) in [5.41, 5.74) is 2.71. The molecule has 0 spiro atoms. The molecule has 24 heavy (non-hydrogen) atoms. The molecule has 5 nitrogen and oxygen atoms in total. The third-order valence-corrected chi connectivity index (χ3v) is 4.49. The lowest BCUT2D eigenvalue weighted by Gasteiger charge is -1.99. The van der Waals surface area contributed by atoms with Gasteiger partial charge in [-0.3, -0.25) is 9.98 Å². The zero-order chi connectivity index (χ0) is 16.4. The molecule has 3 heterocycles. The van der Waals surface area contributed by atoms with Crippen molar-refractivity contribution in [3.63, 3.8) is 0 Å².